The second-order valence-electron chi connectivity index (χ2n) is 4.88. The normalized spacial score (nSPS) is 12.7. The molecular weight excluding hydrogens is 238 g/mol. The summed E-state index contributed by atoms with van der Waals surface area (Å²) in [7, 11) is 0. The summed E-state index contributed by atoms with van der Waals surface area (Å²) in [5.41, 5.74) is 3.48. The van der Waals surface area contributed by atoms with Crippen molar-refractivity contribution in [3.63, 3.8) is 0 Å². The van der Waals surface area contributed by atoms with Gasteiger partial charge in [-0.05, 0) is 38.8 Å². The summed E-state index contributed by atoms with van der Waals surface area (Å²) in [6.07, 6.45) is 0.789. The zero-order chi connectivity index (χ0) is 14.3. The van der Waals surface area contributed by atoms with Crippen molar-refractivity contribution in [1.82, 2.24) is 15.3 Å². The number of aromatic nitrogens is 2. The van der Waals surface area contributed by atoms with Gasteiger partial charge >= 0.3 is 0 Å². The van der Waals surface area contributed by atoms with Crippen molar-refractivity contribution in [3.05, 3.63) is 22.8 Å². The highest BCUT2D eigenvalue weighted by Crippen LogP contribution is 2.20. The standard InChI is InChI=1S/C15H27N3O/c1-6-16-10-11(3)15-12(4)17-14(18-13(15)5)8-9-19-7-2/h11,16H,6-10H2,1-5H3. The van der Waals surface area contributed by atoms with Gasteiger partial charge in [0, 0.05) is 31.0 Å². The molecule has 0 amide bonds. The first kappa shape index (κ1) is 16.1. The van der Waals surface area contributed by atoms with Gasteiger partial charge in [0.1, 0.15) is 5.82 Å². The topological polar surface area (TPSA) is 47.0 Å². The van der Waals surface area contributed by atoms with Gasteiger partial charge in [-0.15, -0.1) is 0 Å². The van der Waals surface area contributed by atoms with Gasteiger partial charge in [-0.3, -0.25) is 0 Å². The van der Waals surface area contributed by atoms with Gasteiger partial charge in [0.15, 0.2) is 0 Å². The van der Waals surface area contributed by atoms with E-state index in [0.29, 0.717) is 12.5 Å². The van der Waals surface area contributed by atoms with E-state index in [0.717, 1.165) is 43.3 Å². The number of nitrogens with one attached hydrogen (secondary N) is 1. The average Bonchev–Trinajstić information content (AvgIpc) is 2.36. The Labute approximate surface area is 117 Å². The molecule has 0 radical (unpaired) electrons. The first-order chi connectivity index (χ1) is 9.10. The molecule has 4 heteroatoms. The molecular formula is C15H27N3O. The Bertz CT molecular complexity index is 370. The molecule has 4 nitrogen and oxygen atoms in total. The summed E-state index contributed by atoms with van der Waals surface area (Å²) in [5, 5.41) is 3.38. The lowest BCUT2D eigenvalue weighted by Crippen LogP contribution is -2.21. The number of hydrogen-bond donors (Lipinski definition) is 1. The number of nitrogens with zero attached hydrogens (tertiary/aromatic N) is 2. The maximum atomic E-state index is 5.36. The van der Waals surface area contributed by atoms with Crippen LogP contribution in [0.25, 0.3) is 0 Å². The average molecular weight is 265 g/mol. The van der Waals surface area contributed by atoms with E-state index >= 15 is 0 Å². The predicted octanol–water partition coefficient (Wildman–Crippen LogP) is 2.39. The number of aryl methyl sites for hydroxylation is 2. The molecule has 108 valence electrons. The molecule has 1 aromatic heterocycles. The van der Waals surface area contributed by atoms with Crippen LogP contribution in [0.15, 0.2) is 0 Å². The van der Waals surface area contributed by atoms with E-state index in [1.54, 1.807) is 0 Å². The fourth-order valence-corrected chi connectivity index (χ4v) is 2.39. The molecule has 1 aromatic rings. The second-order valence-corrected chi connectivity index (χ2v) is 4.88. The van der Waals surface area contributed by atoms with E-state index in [4.69, 9.17) is 4.74 Å². The van der Waals surface area contributed by atoms with Crippen LogP contribution >= 0.6 is 0 Å². The first-order valence-corrected chi connectivity index (χ1v) is 7.22. The van der Waals surface area contributed by atoms with Gasteiger partial charge in [-0.2, -0.15) is 0 Å². The van der Waals surface area contributed by atoms with Crippen LogP contribution in [-0.4, -0.2) is 36.3 Å². The molecule has 0 spiro atoms. The summed E-state index contributed by atoms with van der Waals surface area (Å²) >= 11 is 0. The van der Waals surface area contributed by atoms with Crippen LogP contribution in [0.3, 0.4) is 0 Å². The largest absolute Gasteiger partial charge is 0.381 e. The molecule has 19 heavy (non-hydrogen) atoms. The maximum absolute atomic E-state index is 5.36. The Morgan fingerprint density at radius 2 is 1.79 bits per heavy atom. The van der Waals surface area contributed by atoms with Crippen molar-refractivity contribution < 1.29 is 4.74 Å². The van der Waals surface area contributed by atoms with Gasteiger partial charge in [0.05, 0.1) is 6.61 Å². The highest BCUT2D eigenvalue weighted by Gasteiger charge is 2.14. The minimum absolute atomic E-state index is 0.445. The van der Waals surface area contributed by atoms with Crippen molar-refractivity contribution in [2.45, 2.75) is 47.0 Å². The van der Waals surface area contributed by atoms with Crippen LogP contribution in [0.5, 0.6) is 0 Å². The van der Waals surface area contributed by atoms with Crippen molar-refractivity contribution in [2.24, 2.45) is 0 Å². The van der Waals surface area contributed by atoms with Crippen molar-refractivity contribution in [3.8, 4) is 0 Å². The van der Waals surface area contributed by atoms with Gasteiger partial charge < -0.3 is 10.1 Å². The predicted molar refractivity (Wildman–Crippen MR) is 78.7 cm³/mol. The molecule has 1 rings (SSSR count). The van der Waals surface area contributed by atoms with Crippen molar-refractivity contribution in [1.29, 1.82) is 0 Å². The Kier molecular flexibility index (Phi) is 6.95. The quantitative estimate of drug-likeness (QED) is 0.733. The minimum atomic E-state index is 0.445. The summed E-state index contributed by atoms with van der Waals surface area (Å²) in [6.45, 7) is 13.9. The van der Waals surface area contributed by atoms with E-state index in [1.807, 2.05) is 6.92 Å². The number of rotatable bonds is 8. The summed E-state index contributed by atoms with van der Waals surface area (Å²) in [4.78, 5) is 9.23. The van der Waals surface area contributed by atoms with Crippen LogP contribution in [-0.2, 0) is 11.2 Å². The molecule has 0 fully saturated rings. The van der Waals surface area contributed by atoms with Gasteiger partial charge in [-0.1, -0.05) is 13.8 Å². The number of hydrogen-bond acceptors (Lipinski definition) is 4. The molecule has 0 aliphatic rings. The van der Waals surface area contributed by atoms with Crippen molar-refractivity contribution >= 4 is 0 Å². The van der Waals surface area contributed by atoms with E-state index < -0.39 is 0 Å². The third-order valence-corrected chi connectivity index (χ3v) is 3.24. The third kappa shape index (κ3) is 4.88. The maximum Gasteiger partial charge on any atom is 0.131 e. The summed E-state index contributed by atoms with van der Waals surface area (Å²) < 4.78 is 5.36. The molecule has 0 aromatic carbocycles. The fraction of sp³-hybridized carbons (Fsp3) is 0.733. The highest BCUT2D eigenvalue weighted by atomic mass is 16.5. The Morgan fingerprint density at radius 3 is 2.32 bits per heavy atom. The second kappa shape index (κ2) is 8.23. The lowest BCUT2D eigenvalue weighted by atomic mass is 9.98. The zero-order valence-electron chi connectivity index (χ0n) is 12.9. The van der Waals surface area contributed by atoms with Crippen LogP contribution in [0.2, 0.25) is 0 Å². The van der Waals surface area contributed by atoms with Gasteiger partial charge in [-0.25, -0.2) is 9.97 Å². The van der Waals surface area contributed by atoms with Crippen LogP contribution < -0.4 is 5.32 Å². The lowest BCUT2D eigenvalue weighted by Gasteiger charge is -2.17. The zero-order valence-corrected chi connectivity index (χ0v) is 12.9. The number of ether oxygens (including phenoxy) is 1. The van der Waals surface area contributed by atoms with Gasteiger partial charge in [0.2, 0.25) is 0 Å². The minimum Gasteiger partial charge on any atom is -0.381 e. The summed E-state index contributed by atoms with van der Waals surface area (Å²) in [6, 6.07) is 0. The molecule has 1 unspecified atom stereocenters. The summed E-state index contributed by atoms with van der Waals surface area (Å²) in [5.74, 6) is 1.34. The van der Waals surface area contributed by atoms with Crippen LogP contribution in [0, 0.1) is 13.8 Å². The van der Waals surface area contributed by atoms with E-state index in [9.17, 15) is 0 Å². The molecule has 0 bridgehead atoms. The highest BCUT2D eigenvalue weighted by molar-refractivity contribution is 5.28. The fourth-order valence-electron chi connectivity index (χ4n) is 2.39. The molecule has 0 aliphatic heterocycles. The van der Waals surface area contributed by atoms with E-state index in [2.05, 4.69) is 43.0 Å². The first-order valence-electron chi connectivity index (χ1n) is 7.22. The van der Waals surface area contributed by atoms with Gasteiger partial charge in [0.25, 0.3) is 0 Å². The molecule has 1 heterocycles. The van der Waals surface area contributed by atoms with Crippen LogP contribution in [0.1, 0.15) is 49.5 Å². The van der Waals surface area contributed by atoms with E-state index in [1.165, 1.54) is 5.56 Å². The SMILES string of the molecule is CCNCC(C)c1c(C)nc(CCOCC)nc1C. The molecule has 1 N–H and O–H groups in total. The smallest absolute Gasteiger partial charge is 0.131 e. The van der Waals surface area contributed by atoms with E-state index in [-0.39, 0.29) is 0 Å². The molecule has 0 saturated heterocycles. The number of likely N-dealkylation sites (N-methyl/N-ethyl adjacent to an activating group) is 1. The van der Waals surface area contributed by atoms with Crippen molar-refractivity contribution in [2.75, 3.05) is 26.3 Å². The Morgan fingerprint density at radius 1 is 1.16 bits per heavy atom. The lowest BCUT2D eigenvalue weighted by molar-refractivity contribution is 0.149. The third-order valence-electron chi connectivity index (χ3n) is 3.24. The van der Waals surface area contributed by atoms with Crippen LogP contribution in [0.4, 0.5) is 0 Å². The monoisotopic (exact) mass is 265 g/mol. The molecule has 0 aliphatic carbocycles. The molecule has 0 saturated carbocycles. The molecule has 1 atom stereocenters. The Hall–Kier alpha value is -1.00. The Balaban J connectivity index is 2.78.